The number of hydrogen-bond acceptors (Lipinski definition) is 8. The highest BCUT2D eigenvalue weighted by molar-refractivity contribution is 5.73. The molecular weight excluding hydrogens is 598 g/mol. The standard InChI is InChI=1S/C38H61NO8/c1-21-18-24(32(34(6,7)43)45-23(3)41)46-30-29(21)35(8)14-15-38-20-37(38)13-12-27(47-28-19-39(22(2)40)16-17-44-28)33(4,5)25(37)10-11-26(38)36(35,9)31(30)42/h21,24-32,42-43H,10-20H2,1-9H3/t21-,24-,25+,26+,27?,28+,29+,30+,31+,32+,35-,36-,37?,38+/m1/s1. The number of morpholine rings is 1. The van der Waals surface area contributed by atoms with Crippen molar-refractivity contribution in [1.29, 1.82) is 0 Å². The molecule has 0 aromatic rings. The Balaban J connectivity index is 1.13. The van der Waals surface area contributed by atoms with Gasteiger partial charge in [0.15, 0.2) is 12.4 Å². The molecule has 2 N–H and O–H groups in total. The van der Waals surface area contributed by atoms with E-state index in [-0.39, 0.29) is 63.3 Å². The van der Waals surface area contributed by atoms with Gasteiger partial charge >= 0.3 is 5.97 Å². The van der Waals surface area contributed by atoms with Gasteiger partial charge in [-0.1, -0.05) is 34.6 Å². The number of aliphatic hydroxyl groups excluding tert-OH is 1. The van der Waals surface area contributed by atoms with Crippen LogP contribution in [-0.2, 0) is 28.5 Å². The van der Waals surface area contributed by atoms with Gasteiger partial charge in [0.05, 0.1) is 43.2 Å². The molecule has 0 aromatic carbocycles. The van der Waals surface area contributed by atoms with Gasteiger partial charge in [-0.15, -0.1) is 0 Å². The molecule has 0 bridgehead atoms. The van der Waals surface area contributed by atoms with E-state index in [0.717, 1.165) is 32.1 Å². The molecule has 2 heterocycles. The maximum Gasteiger partial charge on any atom is 0.303 e. The second-order valence-corrected chi connectivity index (χ2v) is 18.6. The summed E-state index contributed by atoms with van der Waals surface area (Å²) in [5.74, 6) is 1.06. The Morgan fingerprint density at radius 2 is 1.68 bits per heavy atom. The summed E-state index contributed by atoms with van der Waals surface area (Å²) in [6.45, 7) is 19.9. The summed E-state index contributed by atoms with van der Waals surface area (Å²) >= 11 is 0. The lowest BCUT2D eigenvalue weighted by atomic mass is 9.41. The number of carbonyl (C=O) groups is 2. The molecule has 0 radical (unpaired) electrons. The van der Waals surface area contributed by atoms with E-state index in [1.165, 1.54) is 19.8 Å². The van der Waals surface area contributed by atoms with Gasteiger partial charge < -0.3 is 34.1 Å². The minimum absolute atomic E-state index is 0.0216. The van der Waals surface area contributed by atoms with Gasteiger partial charge in [0.2, 0.25) is 5.91 Å². The first-order valence-corrected chi connectivity index (χ1v) is 18.6. The molecule has 7 rings (SSSR count). The monoisotopic (exact) mass is 659 g/mol. The van der Waals surface area contributed by atoms with E-state index >= 15 is 0 Å². The molecule has 14 atom stereocenters. The van der Waals surface area contributed by atoms with Crippen molar-refractivity contribution in [2.75, 3.05) is 19.7 Å². The summed E-state index contributed by atoms with van der Waals surface area (Å²) in [7, 11) is 0. The molecule has 2 aliphatic heterocycles. The number of ether oxygens (including phenoxy) is 4. The number of carbonyl (C=O) groups excluding carboxylic acids is 2. The Morgan fingerprint density at radius 3 is 2.34 bits per heavy atom. The third-order valence-electron chi connectivity index (χ3n) is 15.9. The van der Waals surface area contributed by atoms with Crippen LogP contribution in [-0.4, -0.2) is 89.1 Å². The van der Waals surface area contributed by atoms with Gasteiger partial charge in [-0.3, -0.25) is 9.59 Å². The minimum atomic E-state index is -1.26. The van der Waals surface area contributed by atoms with Crippen molar-refractivity contribution in [3.05, 3.63) is 0 Å². The molecule has 1 amide bonds. The van der Waals surface area contributed by atoms with Crippen LogP contribution in [0.2, 0.25) is 0 Å². The third-order valence-corrected chi connectivity index (χ3v) is 15.9. The SMILES string of the molecule is CC(=O)O[C@@H]([C@H]1C[C@@H](C)[C@H]2[C@H](O1)[C@H](O)[C@@]1(C)[C@@H]3CC[C@H]4C(C)(C)C(O[C@H]5CN(C(C)=O)CCO5)CCC45C[C@@]35CC[C@]21C)C(C)(C)O. The number of esters is 1. The van der Waals surface area contributed by atoms with Crippen molar-refractivity contribution in [3.8, 4) is 0 Å². The molecule has 9 heteroatoms. The molecule has 7 aliphatic rings. The van der Waals surface area contributed by atoms with E-state index in [1.54, 1.807) is 20.8 Å². The first-order valence-electron chi connectivity index (χ1n) is 18.6. The zero-order valence-corrected chi connectivity index (χ0v) is 30.3. The fraction of sp³-hybridized carbons (Fsp3) is 0.947. The van der Waals surface area contributed by atoms with Gasteiger partial charge in [0, 0.05) is 25.8 Å². The first-order chi connectivity index (χ1) is 21.8. The Morgan fingerprint density at radius 1 is 1.00 bits per heavy atom. The van der Waals surface area contributed by atoms with E-state index in [0.29, 0.717) is 38.0 Å². The van der Waals surface area contributed by atoms with Crippen LogP contribution in [0.25, 0.3) is 0 Å². The van der Waals surface area contributed by atoms with Crippen LogP contribution >= 0.6 is 0 Å². The lowest BCUT2D eigenvalue weighted by molar-refractivity contribution is -0.247. The van der Waals surface area contributed by atoms with Gasteiger partial charge in [-0.2, -0.15) is 0 Å². The first kappa shape index (κ1) is 34.2. The summed E-state index contributed by atoms with van der Waals surface area (Å²) in [6.07, 6.45) is 6.05. The van der Waals surface area contributed by atoms with Gasteiger partial charge in [-0.05, 0) is 111 Å². The molecule has 2 unspecified atom stereocenters. The van der Waals surface area contributed by atoms with Crippen molar-refractivity contribution in [3.63, 3.8) is 0 Å². The quantitative estimate of drug-likeness (QED) is 0.393. The normalized spacial score (nSPS) is 50.6. The van der Waals surface area contributed by atoms with Crippen LogP contribution in [0.4, 0.5) is 0 Å². The van der Waals surface area contributed by atoms with Gasteiger partial charge in [0.1, 0.15) is 0 Å². The summed E-state index contributed by atoms with van der Waals surface area (Å²) in [4.78, 5) is 26.0. The summed E-state index contributed by atoms with van der Waals surface area (Å²) in [6, 6.07) is 0. The maximum atomic E-state index is 12.5. The average Bonchev–Trinajstić information content (AvgIpc) is 3.61. The molecule has 9 nitrogen and oxygen atoms in total. The second-order valence-electron chi connectivity index (χ2n) is 18.6. The van der Waals surface area contributed by atoms with E-state index in [9.17, 15) is 19.8 Å². The third kappa shape index (κ3) is 4.64. The minimum Gasteiger partial charge on any atom is -0.457 e. The van der Waals surface area contributed by atoms with Crippen molar-refractivity contribution in [2.45, 2.75) is 156 Å². The molecule has 47 heavy (non-hydrogen) atoms. The predicted octanol–water partition coefficient (Wildman–Crippen LogP) is 5.09. The Kier molecular flexibility index (Phi) is 7.91. The molecule has 7 fully saturated rings. The lowest BCUT2D eigenvalue weighted by Crippen LogP contribution is -2.60. The highest BCUT2D eigenvalue weighted by atomic mass is 16.7. The Hall–Kier alpha value is -1.26. The number of hydrogen-bond donors (Lipinski definition) is 2. The zero-order chi connectivity index (χ0) is 34.1. The fourth-order valence-corrected chi connectivity index (χ4v) is 13.8. The summed E-state index contributed by atoms with van der Waals surface area (Å²) in [5, 5.41) is 23.6. The largest absolute Gasteiger partial charge is 0.457 e. The van der Waals surface area contributed by atoms with Crippen LogP contribution in [0.3, 0.4) is 0 Å². The average molecular weight is 660 g/mol. The number of aliphatic hydroxyl groups is 2. The Bertz CT molecular complexity index is 1280. The maximum absolute atomic E-state index is 12.5. The molecule has 0 aromatic heterocycles. The van der Waals surface area contributed by atoms with Crippen LogP contribution in [0.5, 0.6) is 0 Å². The van der Waals surface area contributed by atoms with Crippen molar-refractivity contribution in [1.82, 2.24) is 4.90 Å². The van der Waals surface area contributed by atoms with Crippen LogP contribution in [0, 0.1) is 50.7 Å². The lowest BCUT2D eigenvalue weighted by Gasteiger charge is -2.64. The van der Waals surface area contributed by atoms with Crippen molar-refractivity contribution >= 4 is 11.9 Å². The second kappa shape index (κ2) is 10.9. The van der Waals surface area contributed by atoms with E-state index in [2.05, 4.69) is 34.6 Å². The smallest absolute Gasteiger partial charge is 0.303 e. The van der Waals surface area contributed by atoms with Crippen LogP contribution < -0.4 is 0 Å². The summed E-state index contributed by atoms with van der Waals surface area (Å²) in [5.41, 5.74) is -1.16. The van der Waals surface area contributed by atoms with E-state index < -0.39 is 29.9 Å². The van der Waals surface area contributed by atoms with Crippen molar-refractivity contribution in [2.24, 2.45) is 50.7 Å². The zero-order valence-electron chi connectivity index (χ0n) is 30.3. The van der Waals surface area contributed by atoms with Gasteiger partial charge in [0.25, 0.3) is 0 Å². The summed E-state index contributed by atoms with van der Waals surface area (Å²) < 4.78 is 25.3. The number of rotatable bonds is 5. The number of nitrogens with zero attached hydrogens (tertiary/aromatic N) is 1. The Labute approximate surface area is 281 Å². The molecule has 2 spiro atoms. The fourth-order valence-electron chi connectivity index (χ4n) is 13.8. The van der Waals surface area contributed by atoms with Gasteiger partial charge in [-0.25, -0.2) is 0 Å². The highest BCUT2D eigenvalue weighted by Gasteiger charge is 2.84. The van der Waals surface area contributed by atoms with E-state index in [4.69, 9.17) is 18.9 Å². The molecular formula is C38H61NO8. The molecule has 266 valence electrons. The van der Waals surface area contributed by atoms with Crippen LogP contribution in [0.15, 0.2) is 0 Å². The molecule has 5 saturated carbocycles. The molecule has 2 saturated heterocycles. The predicted molar refractivity (Wildman–Crippen MR) is 175 cm³/mol. The number of fused-ring (bicyclic) bond motifs is 4. The molecule has 5 aliphatic carbocycles. The van der Waals surface area contributed by atoms with E-state index in [1.807, 2.05) is 4.90 Å². The topological polar surface area (TPSA) is 115 Å². The number of amides is 1. The van der Waals surface area contributed by atoms with Crippen LogP contribution in [0.1, 0.15) is 114 Å². The highest BCUT2D eigenvalue weighted by Crippen LogP contribution is 2.89. The van der Waals surface area contributed by atoms with Crippen molar-refractivity contribution < 1.29 is 38.7 Å².